The van der Waals surface area contributed by atoms with E-state index in [1.807, 2.05) is 7.05 Å². The summed E-state index contributed by atoms with van der Waals surface area (Å²) in [5.41, 5.74) is 1.17. The van der Waals surface area contributed by atoms with Gasteiger partial charge in [-0.1, -0.05) is 13.8 Å². The third kappa shape index (κ3) is 1.57. The normalized spacial score (nSPS) is 21.3. The van der Waals surface area contributed by atoms with E-state index in [0.29, 0.717) is 12.0 Å². The van der Waals surface area contributed by atoms with Crippen LogP contribution in [-0.4, -0.2) is 12.0 Å². The number of hydrogen-bond acceptors (Lipinski definition) is 3. The number of hydrogen-bond donors (Lipinski definition) is 1. The monoisotopic (exact) mass is 194 g/mol. The van der Waals surface area contributed by atoms with Crippen LogP contribution in [-0.2, 0) is 6.42 Å². The second kappa shape index (κ2) is 3.73. The molecule has 3 heteroatoms. The summed E-state index contributed by atoms with van der Waals surface area (Å²) in [5.74, 6) is 2.35. The van der Waals surface area contributed by atoms with Crippen molar-refractivity contribution in [3.63, 3.8) is 0 Å². The Morgan fingerprint density at radius 2 is 2.29 bits per heavy atom. The minimum atomic E-state index is 0.374. The fraction of sp³-hybridized carbons (Fsp3) is 0.727. The highest BCUT2D eigenvalue weighted by molar-refractivity contribution is 5.18. The predicted octanol–water partition coefficient (Wildman–Crippen LogP) is 2.39. The van der Waals surface area contributed by atoms with Gasteiger partial charge in [0, 0.05) is 5.92 Å². The zero-order chi connectivity index (χ0) is 10.1. The largest absolute Gasteiger partial charge is 0.443 e. The van der Waals surface area contributed by atoms with Crippen LogP contribution in [0.3, 0.4) is 0 Å². The molecule has 0 saturated heterocycles. The van der Waals surface area contributed by atoms with Crippen LogP contribution in [0.1, 0.15) is 56.0 Å². The molecule has 1 N–H and O–H groups in total. The molecule has 0 aliphatic heterocycles. The third-order valence-corrected chi connectivity index (χ3v) is 2.81. The van der Waals surface area contributed by atoms with Gasteiger partial charge in [-0.25, -0.2) is 4.98 Å². The Labute approximate surface area is 84.9 Å². The molecule has 2 rings (SSSR count). The average molecular weight is 194 g/mol. The molecule has 78 valence electrons. The van der Waals surface area contributed by atoms with Gasteiger partial charge in [0.2, 0.25) is 0 Å². The topological polar surface area (TPSA) is 38.1 Å². The lowest BCUT2D eigenvalue weighted by molar-refractivity contribution is 0.362. The molecule has 3 nitrogen and oxygen atoms in total. The Morgan fingerprint density at radius 3 is 2.93 bits per heavy atom. The maximum atomic E-state index is 5.80. The molecule has 14 heavy (non-hydrogen) atoms. The summed E-state index contributed by atoms with van der Waals surface area (Å²) in [6, 6.07) is 0.374. The molecule has 0 spiro atoms. The van der Waals surface area contributed by atoms with Gasteiger partial charge in [0.25, 0.3) is 0 Å². The highest BCUT2D eigenvalue weighted by Gasteiger charge is 2.25. The van der Waals surface area contributed by atoms with Crippen LogP contribution in [0.4, 0.5) is 0 Å². The van der Waals surface area contributed by atoms with E-state index in [9.17, 15) is 0 Å². The molecule has 1 aliphatic carbocycles. The Balaban J connectivity index is 2.33. The van der Waals surface area contributed by atoms with E-state index in [1.54, 1.807) is 0 Å². The van der Waals surface area contributed by atoms with Gasteiger partial charge < -0.3 is 9.73 Å². The molecular formula is C11H18N2O. The molecule has 1 aromatic heterocycles. The van der Waals surface area contributed by atoms with E-state index in [-0.39, 0.29) is 0 Å². The van der Waals surface area contributed by atoms with Crippen LogP contribution in [0.5, 0.6) is 0 Å². The molecular weight excluding hydrogens is 176 g/mol. The van der Waals surface area contributed by atoms with Crippen molar-refractivity contribution in [2.24, 2.45) is 0 Å². The van der Waals surface area contributed by atoms with Crippen molar-refractivity contribution in [3.05, 3.63) is 17.3 Å². The van der Waals surface area contributed by atoms with Crippen LogP contribution in [0, 0.1) is 0 Å². The summed E-state index contributed by atoms with van der Waals surface area (Å²) in [6.07, 6.45) is 3.45. The SMILES string of the molecule is CNC1CCCc2nc(C(C)C)oc21. The summed E-state index contributed by atoms with van der Waals surface area (Å²) < 4.78 is 5.80. The molecule has 1 atom stereocenters. The second-order valence-corrected chi connectivity index (χ2v) is 4.25. The maximum absolute atomic E-state index is 5.80. The van der Waals surface area contributed by atoms with Crippen molar-refractivity contribution in [3.8, 4) is 0 Å². The molecule has 0 amide bonds. The standard InChI is InChI=1S/C11H18N2O/c1-7(2)11-13-9-6-4-5-8(12-3)10(9)14-11/h7-8,12H,4-6H2,1-3H3. The van der Waals surface area contributed by atoms with Gasteiger partial charge >= 0.3 is 0 Å². The Bertz CT molecular complexity index is 317. The third-order valence-electron chi connectivity index (χ3n) is 2.81. The van der Waals surface area contributed by atoms with Crippen molar-refractivity contribution in [1.82, 2.24) is 10.3 Å². The number of fused-ring (bicyclic) bond motifs is 1. The Hall–Kier alpha value is -0.830. The van der Waals surface area contributed by atoms with Gasteiger partial charge in [0.1, 0.15) is 5.76 Å². The highest BCUT2D eigenvalue weighted by Crippen LogP contribution is 2.31. The summed E-state index contributed by atoms with van der Waals surface area (Å²) in [6.45, 7) is 4.23. The van der Waals surface area contributed by atoms with Crippen LogP contribution in [0.2, 0.25) is 0 Å². The van der Waals surface area contributed by atoms with Gasteiger partial charge in [-0.3, -0.25) is 0 Å². The van der Waals surface area contributed by atoms with E-state index in [1.165, 1.54) is 12.1 Å². The first-order valence-corrected chi connectivity index (χ1v) is 5.39. The number of aromatic nitrogens is 1. The molecule has 1 aliphatic rings. The van der Waals surface area contributed by atoms with Crippen LogP contribution in [0.15, 0.2) is 4.42 Å². The van der Waals surface area contributed by atoms with Gasteiger partial charge in [-0.15, -0.1) is 0 Å². The van der Waals surface area contributed by atoms with Crippen LogP contribution in [0.25, 0.3) is 0 Å². The predicted molar refractivity (Wildman–Crippen MR) is 55.3 cm³/mol. The van der Waals surface area contributed by atoms with Gasteiger partial charge in [-0.2, -0.15) is 0 Å². The molecule has 0 bridgehead atoms. The van der Waals surface area contributed by atoms with Gasteiger partial charge in [-0.05, 0) is 26.3 Å². The maximum Gasteiger partial charge on any atom is 0.197 e. The molecule has 1 heterocycles. The van der Waals surface area contributed by atoms with Crippen LogP contribution < -0.4 is 5.32 Å². The summed E-state index contributed by atoms with van der Waals surface area (Å²) in [7, 11) is 1.98. The lowest BCUT2D eigenvalue weighted by atomic mass is 9.97. The van der Waals surface area contributed by atoms with Crippen molar-refractivity contribution in [2.45, 2.75) is 45.1 Å². The van der Waals surface area contributed by atoms with Crippen LogP contribution >= 0.6 is 0 Å². The zero-order valence-electron chi connectivity index (χ0n) is 9.13. The number of nitrogens with one attached hydrogen (secondary N) is 1. The number of rotatable bonds is 2. The molecule has 0 saturated carbocycles. The first-order chi connectivity index (χ1) is 6.72. The first-order valence-electron chi connectivity index (χ1n) is 5.39. The van der Waals surface area contributed by atoms with E-state index in [2.05, 4.69) is 24.1 Å². The number of aryl methyl sites for hydroxylation is 1. The molecule has 0 fully saturated rings. The summed E-state index contributed by atoms with van der Waals surface area (Å²) >= 11 is 0. The molecule has 0 radical (unpaired) electrons. The summed E-state index contributed by atoms with van der Waals surface area (Å²) in [5, 5.41) is 3.28. The number of nitrogens with zero attached hydrogens (tertiary/aromatic N) is 1. The minimum absolute atomic E-state index is 0.374. The quantitative estimate of drug-likeness (QED) is 0.785. The lowest BCUT2D eigenvalue weighted by Gasteiger charge is -2.18. The minimum Gasteiger partial charge on any atom is -0.443 e. The van der Waals surface area contributed by atoms with E-state index in [0.717, 1.165) is 24.5 Å². The highest BCUT2D eigenvalue weighted by atomic mass is 16.4. The Morgan fingerprint density at radius 1 is 1.50 bits per heavy atom. The average Bonchev–Trinajstić information content (AvgIpc) is 2.60. The van der Waals surface area contributed by atoms with Gasteiger partial charge in [0.05, 0.1) is 11.7 Å². The van der Waals surface area contributed by atoms with Crippen molar-refractivity contribution < 1.29 is 4.42 Å². The van der Waals surface area contributed by atoms with Crippen molar-refractivity contribution >= 4 is 0 Å². The smallest absolute Gasteiger partial charge is 0.197 e. The van der Waals surface area contributed by atoms with E-state index >= 15 is 0 Å². The van der Waals surface area contributed by atoms with Crippen molar-refractivity contribution in [1.29, 1.82) is 0 Å². The Kier molecular flexibility index (Phi) is 2.59. The van der Waals surface area contributed by atoms with E-state index in [4.69, 9.17) is 4.42 Å². The second-order valence-electron chi connectivity index (χ2n) is 4.25. The first kappa shape index (κ1) is 9.71. The fourth-order valence-electron chi connectivity index (χ4n) is 1.96. The molecule has 1 unspecified atom stereocenters. The summed E-state index contributed by atoms with van der Waals surface area (Å²) in [4.78, 5) is 4.54. The lowest BCUT2D eigenvalue weighted by Crippen LogP contribution is -2.20. The fourth-order valence-corrected chi connectivity index (χ4v) is 1.96. The molecule has 1 aromatic rings. The van der Waals surface area contributed by atoms with Crippen molar-refractivity contribution in [2.75, 3.05) is 7.05 Å². The number of oxazole rings is 1. The molecule has 0 aromatic carbocycles. The van der Waals surface area contributed by atoms with Gasteiger partial charge in [0.15, 0.2) is 5.89 Å². The zero-order valence-corrected chi connectivity index (χ0v) is 9.13. The van der Waals surface area contributed by atoms with E-state index < -0.39 is 0 Å².